The molecule has 90 valence electrons. The first-order chi connectivity index (χ1) is 7.99. The standard InChI is InChI=1S/C11H12N2O4/c1-7(14)4-9(12)6-17-10-3-2-8(5-13-10)11(15)16/h2-5,12,14H,6H2,1H3,(H,15,16)/p+1/b7-4-,12-9?. The number of carboxylic acid groups (broad SMARTS) is 1. The molecule has 0 amide bonds. The Hall–Kier alpha value is -2.37. The van der Waals surface area contributed by atoms with Crippen molar-refractivity contribution in [1.82, 2.24) is 4.98 Å². The first-order valence-corrected chi connectivity index (χ1v) is 4.78. The Balaban J connectivity index is 2.56. The summed E-state index contributed by atoms with van der Waals surface area (Å²) >= 11 is 0. The zero-order valence-corrected chi connectivity index (χ0v) is 9.23. The summed E-state index contributed by atoms with van der Waals surface area (Å²) in [4.78, 5) is 14.3. The van der Waals surface area contributed by atoms with Crippen LogP contribution >= 0.6 is 0 Å². The highest BCUT2D eigenvalue weighted by Gasteiger charge is 2.04. The molecule has 0 radical (unpaired) electrons. The minimum absolute atomic E-state index is 0.00433. The Morgan fingerprint density at radius 2 is 2.35 bits per heavy atom. The molecule has 0 spiro atoms. The van der Waals surface area contributed by atoms with E-state index in [-0.39, 0.29) is 29.5 Å². The number of hydrogen-bond acceptors (Lipinski definition) is 4. The summed E-state index contributed by atoms with van der Waals surface area (Å²) in [5.74, 6) is -0.534. The fourth-order valence-electron chi connectivity index (χ4n) is 1.05. The van der Waals surface area contributed by atoms with Crippen molar-refractivity contribution in [1.29, 1.82) is 5.41 Å². The van der Waals surface area contributed by atoms with E-state index < -0.39 is 5.97 Å². The van der Waals surface area contributed by atoms with Crippen molar-refractivity contribution in [3.8, 4) is 5.88 Å². The third kappa shape index (κ3) is 4.33. The first kappa shape index (κ1) is 12.7. The second kappa shape index (κ2) is 5.64. The topological polar surface area (TPSA) is 106 Å². The summed E-state index contributed by atoms with van der Waals surface area (Å²) in [5, 5.41) is 23.2. The Morgan fingerprint density at radius 1 is 1.65 bits per heavy atom. The lowest BCUT2D eigenvalue weighted by Gasteiger charge is -2.03. The van der Waals surface area contributed by atoms with Crippen LogP contribution in [0.1, 0.15) is 17.3 Å². The summed E-state index contributed by atoms with van der Waals surface area (Å²) in [6.07, 6.45) is 2.55. The van der Waals surface area contributed by atoms with Crippen molar-refractivity contribution in [2.45, 2.75) is 6.92 Å². The number of aromatic carboxylic acids is 1. The zero-order valence-electron chi connectivity index (χ0n) is 9.23. The van der Waals surface area contributed by atoms with E-state index in [0.717, 1.165) is 0 Å². The molecule has 0 aliphatic rings. The van der Waals surface area contributed by atoms with Gasteiger partial charge < -0.3 is 20.4 Å². The van der Waals surface area contributed by atoms with Gasteiger partial charge in [0.05, 0.1) is 17.4 Å². The van der Waals surface area contributed by atoms with E-state index in [0.29, 0.717) is 0 Å². The molecule has 6 nitrogen and oxygen atoms in total. The summed E-state index contributed by atoms with van der Waals surface area (Å²) in [7, 11) is 0. The van der Waals surface area contributed by atoms with Crippen LogP contribution in [0.5, 0.6) is 5.88 Å². The molecule has 0 aliphatic carbocycles. The molecule has 1 rings (SSSR count). The molecule has 0 aliphatic heterocycles. The fourth-order valence-corrected chi connectivity index (χ4v) is 1.05. The average Bonchev–Trinajstić information content (AvgIpc) is 2.26. The number of nitrogens with zero attached hydrogens (tertiary/aromatic N) is 1. The molecule has 0 atom stereocenters. The molecule has 1 aromatic heterocycles. The Morgan fingerprint density at radius 3 is 2.82 bits per heavy atom. The molecule has 1 heterocycles. The number of nitrogens with one attached hydrogen (secondary N) is 1. The molecule has 0 aromatic carbocycles. The van der Waals surface area contributed by atoms with Crippen LogP contribution in [0.15, 0.2) is 30.2 Å². The molecule has 0 unspecified atom stereocenters. The monoisotopic (exact) mass is 237 g/mol. The van der Waals surface area contributed by atoms with Crippen LogP contribution in [-0.4, -0.2) is 33.5 Å². The van der Waals surface area contributed by atoms with Gasteiger partial charge in [0, 0.05) is 19.2 Å². The Bertz CT molecular complexity index is 447. The highest BCUT2D eigenvalue weighted by Crippen LogP contribution is 2.07. The maximum absolute atomic E-state index is 10.6. The summed E-state index contributed by atoms with van der Waals surface area (Å²) in [6, 6.07) is 2.80. The van der Waals surface area contributed by atoms with Crippen LogP contribution in [0.25, 0.3) is 0 Å². The minimum atomic E-state index is -1.05. The Kier molecular flexibility index (Phi) is 4.21. The van der Waals surface area contributed by atoms with Gasteiger partial charge in [-0.3, -0.25) is 0 Å². The maximum atomic E-state index is 10.6. The molecule has 17 heavy (non-hydrogen) atoms. The lowest BCUT2D eigenvalue weighted by molar-refractivity contribution is 0.0696. The number of rotatable bonds is 5. The normalized spacial score (nSPS) is 11.0. The van der Waals surface area contributed by atoms with Gasteiger partial charge in [0.2, 0.25) is 11.6 Å². The van der Waals surface area contributed by atoms with Crippen LogP contribution in [0, 0.1) is 5.41 Å². The van der Waals surface area contributed by atoms with E-state index in [9.17, 15) is 4.79 Å². The van der Waals surface area contributed by atoms with Crippen LogP contribution in [0.4, 0.5) is 0 Å². The fraction of sp³-hybridized carbons (Fsp3) is 0.182. The summed E-state index contributed by atoms with van der Waals surface area (Å²) < 4.78 is 5.15. The van der Waals surface area contributed by atoms with E-state index in [4.69, 9.17) is 20.4 Å². The SMILES string of the molecule is C/C([OH2+])=C/C(=N)COc1ccc(C(=O)O)cn1. The van der Waals surface area contributed by atoms with E-state index >= 15 is 0 Å². The van der Waals surface area contributed by atoms with Gasteiger partial charge in [0.1, 0.15) is 6.61 Å². The van der Waals surface area contributed by atoms with Gasteiger partial charge in [-0.25, -0.2) is 9.78 Å². The van der Waals surface area contributed by atoms with Gasteiger partial charge >= 0.3 is 5.97 Å². The van der Waals surface area contributed by atoms with E-state index in [2.05, 4.69) is 4.98 Å². The average molecular weight is 237 g/mol. The molecule has 0 bridgehead atoms. The summed E-state index contributed by atoms with van der Waals surface area (Å²) in [5.41, 5.74) is 0.232. The molecular weight excluding hydrogens is 224 g/mol. The van der Waals surface area contributed by atoms with Crippen LogP contribution < -0.4 is 4.74 Å². The highest BCUT2D eigenvalue weighted by atomic mass is 16.5. The number of aromatic nitrogens is 1. The molecule has 4 N–H and O–H groups in total. The van der Waals surface area contributed by atoms with Crippen molar-refractivity contribution in [3.05, 3.63) is 35.7 Å². The number of carbonyl (C=O) groups is 1. The van der Waals surface area contributed by atoms with Gasteiger partial charge in [0.25, 0.3) is 0 Å². The molecule has 0 saturated carbocycles. The van der Waals surface area contributed by atoms with E-state index in [1.54, 1.807) is 6.92 Å². The van der Waals surface area contributed by atoms with Crippen LogP contribution in [0.2, 0.25) is 0 Å². The van der Waals surface area contributed by atoms with Gasteiger partial charge in [-0.05, 0) is 6.07 Å². The molecule has 0 fully saturated rings. The van der Waals surface area contributed by atoms with E-state index in [1.165, 1.54) is 24.4 Å². The van der Waals surface area contributed by atoms with Crippen molar-refractivity contribution in [2.24, 2.45) is 0 Å². The quantitative estimate of drug-likeness (QED) is 0.449. The van der Waals surface area contributed by atoms with Gasteiger partial charge in [-0.1, -0.05) is 0 Å². The Labute approximate surface area is 97.7 Å². The number of pyridine rings is 1. The minimum Gasteiger partial charge on any atom is -0.597 e. The molecule has 1 aromatic rings. The van der Waals surface area contributed by atoms with Gasteiger partial charge in [-0.2, -0.15) is 0 Å². The van der Waals surface area contributed by atoms with Crippen molar-refractivity contribution >= 4 is 11.7 Å². The molecule has 0 saturated heterocycles. The summed E-state index contributed by atoms with van der Waals surface area (Å²) in [6.45, 7) is 1.56. The number of hydrogen-bond donors (Lipinski definition) is 2. The number of ether oxygens (including phenoxy) is 1. The maximum Gasteiger partial charge on any atom is 0.337 e. The highest BCUT2D eigenvalue weighted by molar-refractivity contribution is 5.93. The van der Waals surface area contributed by atoms with Crippen LogP contribution in [0.3, 0.4) is 0 Å². The van der Waals surface area contributed by atoms with Gasteiger partial charge in [-0.15, -0.1) is 0 Å². The number of carboxylic acids is 1. The zero-order chi connectivity index (χ0) is 12.8. The van der Waals surface area contributed by atoms with Crippen molar-refractivity contribution in [3.63, 3.8) is 0 Å². The second-order valence-corrected chi connectivity index (χ2v) is 3.33. The molecule has 6 heteroatoms. The predicted octanol–water partition coefficient (Wildman–Crippen LogP) is 0.807. The predicted molar refractivity (Wildman–Crippen MR) is 61.8 cm³/mol. The van der Waals surface area contributed by atoms with Crippen molar-refractivity contribution in [2.75, 3.05) is 6.61 Å². The van der Waals surface area contributed by atoms with Gasteiger partial charge in [0.15, 0.2) is 0 Å². The lowest BCUT2D eigenvalue weighted by atomic mass is 10.3. The third-order valence-corrected chi connectivity index (χ3v) is 1.75. The smallest absolute Gasteiger partial charge is 0.337 e. The van der Waals surface area contributed by atoms with E-state index in [1.807, 2.05) is 0 Å². The van der Waals surface area contributed by atoms with Crippen molar-refractivity contribution < 1.29 is 19.7 Å². The molecular formula is C11H13N2O4+. The first-order valence-electron chi connectivity index (χ1n) is 4.78. The lowest BCUT2D eigenvalue weighted by Crippen LogP contribution is -2.09. The number of allylic oxidation sites excluding steroid dienone is 1. The third-order valence-electron chi connectivity index (χ3n) is 1.75. The largest absolute Gasteiger partial charge is 0.597 e. The second-order valence-electron chi connectivity index (χ2n) is 3.33. The van der Waals surface area contributed by atoms with Crippen LogP contribution in [-0.2, 0) is 0 Å².